The van der Waals surface area contributed by atoms with E-state index in [0.29, 0.717) is 23.2 Å². The lowest BCUT2D eigenvalue weighted by molar-refractivity contribution is -0.301. The number of aliphatic carboxylic acids is 1. The fourth-order valence-electron chi connectivity index (χ4n) is 2.18. The molecule has 0 amide bonds. The number of ether oxygens (including phenoxy) is 1. The van der Waals surface area contributed by atoms with Crippen LogP contribution >= 0.6 is 24.0 Å². The number of carbonyl (C=O) groups excluding carboxylic acids is 1. The van der Waals surface area contributed by atoms with Crippen LogP contribution in [0, 0.1) is 0 Å². The molecule has 2 rings (SSSR count). The smallest absolute Gasteiger partial charge is 0.187 e. The summed E-state index contributed by atoms with van der Waals surface area (Å²) in [6.45, 7) is 2.32. The molecule has 27 heavy (non-hydrogen) atoms. The summed E-state index contributed by atoms with van der Waals surface area (Å²) in [6.07, 6.45) is 1.60. The molecule has 1 heterocycles. The molecule has 0 saturated carbocycles. The van der Waals surface area contributed by atoms with Gasteiger partial charge in [-0.25, -0.2) is 0 Å². The third kappa shape index (κ3) is 6.95. The van der Waals surface area contributed by atoms with Crippen molar-refractivity contribution in [1.82, 2.24) is 10.7 Å². The number of carboxylic acid groups (broad SMARTS) is 1. The summed E-state index contributed by atoms with van der Waals surface area (Å²) in [6, 6.07) is 9.28. The van der Waals surface area contributed by atoms with Crippen molar-refractivity contribution < 1.29 is 19.1 Å². The molecule has 0 atom stereocenters. The molecule has 0 aliphatic rings. The van der Waals surface area contributed by atoms with Crippen molar-refractivity contribution in [2.75, 3.05) is 12.9 Å². The van der Waals surface area contributed by atoms with Crippen molar-refractivity contribution >= 4 is 40.8 Å². The van der Waals surface area contributed by atoms with E-state index in [4.69, 9.17) is 21.4 Å². The Morgan fingerprint density at radius 3 is 2.89 bits per heavy atom. The van der Waals surface area contributed by atoms with Crippen LogP contribution in [0.2, 0.25) is 0 Å². The Morgan fingerprint density at radius 1 is 1.41 bits per heavy atom. The van der Waals surface area contributed by atoms with Gasteiger partial charge < -0.3 is 24.4 Å². The number of hydrogen-bond acceptors (Lipinski definition) is 7. The van der Waals surface area contributed by atoms with E-state index in [1.807, 2.05) is 37.3 Å². The highest BCUT2D eigenvalue weighted by atomic mass is 32.2. The second-order valence-corrected chi connectivity index (χ2v) is 6.86. The minimum Gasteiger partial charge on any atom is -0.549 e. The second kappa shape index (κ2) is 10.6. The summed E-state index contributed by atoms with van der Waals surface area (Å²) < 4.78 is 10.6. The summed E-state index contributed by atoms with van der Waals surface area (Å²) in [4.78, 5) is 10.6. The predicted octanol–water partition coefficient (Wildman–Crippen LogP) is 1.66. The lowest BCUT2D eigenvalue weighted by Gasteiger charge is -2.11. The predicted molar refractivity (Wildman–Crippen MR) is 108 cm³/mol. The minimum absolute atomic E-state index is 0.0718. The number of hydrazone groups is 1. The second-order valence-electron chi connectivity index (χ2n) is 5.46. The molecule has 0 bridgehead atoms. The zero-order valence-electron chi connectivity index (χ0n) is 15.0. The van der Waals surface area contributed by atoms with Gasteiger partial charge in [0.1, 0.15) is 11.5 Å². The van der Waals surface area contributed by atoms with Gasteiger partial charge in [-0.1, -0.05) is 0 Å². The molecular formula is C18H20N3O4S2-. The van der Waals surface area contributed by atoms with Gasteiger partial charge in [0.05, 0.1) is 31.6 Å². The SMILES string of the molecule is COc1ccc(/C(C)=N\NC(=S)NCc2ccco2)cc1CSCC(=O)[O-]. The summed E-state index contributed by atoms with van der Waals surface area (Å²) in [5.74, 6) is 0.800. The number of methoxy groups -OCH3 is 1. The van der Waals surface area contributed by atoms with Crippen LogP contribution in [0.25, 0.3) is 0 Å². The van der Waals surface area contributed by atoms with E-state index in [1.54, 1.807) is 13.4 Å². The van der Waals surface area contributed by atoms with Gasteiger partial charge in [-0.15, -0.1) is 0 Å². The first-order valence-electron chi connectivity index (χ1n) is 8.05. The van der Waals surface area contributed by atoms with Gasteiger partial charge in [-0.3, -0.25) is 5.43 Å². The van der Waals surface area contributed by atoms with Gasteiger partial charge in [0.2, 0.25) is 0 Å². The molecule has 0 saturated heterocycles. The molecule has 144 valence electrons. The third-order valence-corrected chi connectivity index (χ3v) is 4.69. The molecule has 2 aromatic rings. The number of hydrogen-bond donors (Lipinski definition) is 2. The van der Waals surface area contributed by atoms with Gasteiger partial charge in [0, 0.05) is 17.1 Å². The molecule has 0 aliphatic heterocycles. The van der Waals surface area contributed by atoms with E-state index >= 15 is 0 Å². The highest BCUT2D eigenvalue weighted by molar-refractivity contribution is 7.99. The Hall–Kier alpha value is -2.52. The number of nitrogens with zero attached hydrogens (tertiary/aromatic N) is 1. The van der Waals surface area contributed by atoms with Crippen LogP contribution < -0.4 is 20.6 Å². The van der Waals surface area contributed by atoms with Crippen molar-refractivity contribution in [3.63, 3.8) is 0 Å². The molecule has 1 aromatic carbocycles. The van der Waals surface area contributed by atoms with Crippen LogP contribution in [0.4, 0.5) is 0 Å². The maximum atomic E-state index is 10.6. The highest BCUT2D eigenvalue weighted by Gasteiger charge is 2.07. The molecule has 0 spiro atoms. The average Bonchev–Trinajstić information content (AvgIpc) is 3.17. The standard InChI is InChI=1S/C18H21N3O4S2/c1-12(20-21-18(26)19-9-15-4-3-7-25-15)13-5-6-16(24-2)14(8-13)10-27-11-17(22)23/h3-8H,9-11H2,1-2H3,(H,22,23)(H2,19,21,26)/p-1/b20-12-. The van der Waals surface area contributed by atoms with Crippen LogP contribution in [0.5, 0.6) is 5.75 Å². The summed E-state index contributed by atoms with van der Waals surface area (Å²) in [5, 5.41) is 18.2. The highest BCUT2D eigenvalue weighted by Crippen LogP contribution is 2.24. The van der Waals surface area contributed by atoms with E-state index in [0.717, 1.165) is 22.6 Å². The molecule has 9 heteroatoms. The fourth-order valence-corrected chi connectivity index (χ4v) is 3.01. The number of thioether (sulfide) groups is 1. The Bertz CT molecular complexity index is 807. The van der Waals surface area contributed by atoms with Crippen LogP contribution in [0.3, 0.4) is 0 Å². The van der Waals surface area contributed by atoms with E-state index in [1.165, 1.54) is 11.8 Å². The first kappa shape index (κ1) is 20.8. The fraction of sp³-hybridized carbons (Fsp3) is 0.278. The van der Waals surface area contributed by atoms with Gasteiger partial charge in [0.25, 0.3) is 0 Å². The van der Waals surface area contributed by atoms with E-state index in [-0.39, 0.29) is 5.75 Å². The zero-order chi connectivity index (χ0) is 19.6. The van der Waals surface area contributed by atoms with Crippen molar-refractivity contribution in [3.8, 4) is 5.75 Å². The van der Waals surface area contributed by atoms with Crippen molar-refractivity contribution in [2.24, 2.45) is 5.10 Å². The van der Waals surface area contributed by atoms with Crippen LogP contribution in [0.15, 0.2) is 46.1 Å². The Balaban J connectivity index is 1.96. The van der Waals surface area contributed by atoms with E-state index < -0.39 is 5.97 Å². The normalized spacial score (nSPS) is 11.1. The number of carboxylic acids is 1. The summed E-state index contributed by atoms with van der Waals surface area (Å²) >= 11 is 6.44. The van der Waals surface area contributed by atoms with E-state index in [9.17, 15) is 9.90 Å². The van der Waals surface area contributed by atoms with E-state index in [2.05, 4.69) is 15.8 Å². The number of benzene rings is 1. The molecule has 1 aromatic heterocycles. The van der Waals surface area contributed by atoms with Gasteiger partial charge >= 0.3 is 0 Å². The van der Waals surface area contributed by atoms with Crippen molar-refractivity contribution in [3.05, 3.63) is 53.5 Å². The van der Waals surface area contributed by atoms with Crippen LogP contribution in [-0.4, -0.2) is 29.7 Å². The number of nitrogens with one attached hydrogen (secondary N) is 2. The lowest BCUT2D eigenvalue weighted by atomic mass is 10.1. The minimum atomic E-state index is -1.09. The molecule has 0 radical (unpaired) electrons. The molecule has 0 aliphatic carbocycles. The monoisotopic (exact) mass is 406 g/mol. The van der Waals surface area contributed by atoms with Crippen molar-refractivity contribution in [2.45, 2.75) is 19.2 Å². The topological polar surface area (TPSA) is 98.9 Å². The number of furan rings is 1. The molecular weight excluding hydrogens is 386 g/mol. The quantitative estimate of drug-likeness (QED) is 0.369. The first-order valence-corrected chi connectivity index (χ1v) is 9.61. The number of thiocarbonyl (C=S) groups is 1. The Labute approximate surface area is 167 Å². The first-order chi connectivity index (χ1) is 13.0. The van der Waals surface area contributed by atoms with Crippen molar-refractivity contribution in [1.29, 1.82) is 0 Å². The van der Waals surface area contributed by atoms with Gasteiger partial charge in [-0.05, 0) is 55.0 Å². The average molecular weight is 407 g/mol. The summed E-state index contributed by atoms with van der Waals surface area (Å²) in [7, 11) is 1.58. The van der Waals surface area contributed by atoms with Gasteiger partial charge in [0.15, 0.2) is 5.11 Å². The van der Waals surface area contributed by atoms with Gasteiger partial charge in [-0.2, -0.15) is 16.9 Å². The molecule has 7 nitrogen and oxygen atoms in total. The maximum Gasteiger partial charge on any atom is 0.187 e. The molecule has 0 unspecified atom stereocenters. The van der Waals surface area contributed by atoms with Crippen LogP contribution in [-0.2, 0) is 17.1 Å². The number of carbonyl (C=O) groups is 1. The lowest BCUT2D eigenvalue weighted by Crippen LogP contribution is -2.32. The zero-order valence-corrected chi connectivity index (χ0v) is 16.6. The Morgan fingerprint density at radius 2 is 2.22 bits per heavy atom. The number of rotatable bonds is 9. The molecule has 0 fully saturated rings. The maximum absolute atomic E-state index is 10.6. The van der Waals surface area contributed by atoms with Crippen LogP contribution in [0.1, 0.15) is 23.8 Å². The summed E-state index contributed by atoms with van der Waals surface area (Å²) in [5.41, 5.74) is 5.28. The third-order valence-electron chi connectivity index (χ3n) is 3.50. The largest absolute Gasteiger partial charge is 0.549 e. The Kier molecular flexibility index (Phi) is 8.15. The molecule has 2 N–H and O–H groups in total.